The first kappa shape index (κ1) is 10.2. The maximum atomic E-state index is 10.7. The van der Waals surface area contributed by atoms with Gasteiger partial charge in [0.25, 0.3) is 0 Å². The van der Waals surface area contributed by atoms with Crippen LogP contribution in [-0.4, -0.2) is 16.1 Å². The Kier molecular flexibility index (Phi) is 2.75. The smallest absolute Gasteiger partial charge is 0.358 e. The average molecular weight is 209 g/mol. The number of carboxylic acids is 1. The van der Waals surface area contributed by atoms with E-state index in [4.69, 9.17) is 9.52 Å². The summed E-state index contributed by atoms with van der Waals surface area (Å²) in [7, 11) is 0. The number of hydrogen-bond donors (Lipinski definition) is 1. The van der Waals surface area contributed by atoms with E-state index in [9.17, 15) is 4.79 Å². The summed E-state index contributed by atoms with van der Waals surface area (Å²) >= 11 is 0. The lowest BCUT2D eigenvalue weighted by Crippen LogP contribution is -2.01. The van der Waals surface area contributed by atoms with Gasteiger partial charge in [0.1, 0.15) is 5.76 Å². The number of carboxylic acid groups (broad SMARTS) is 1. The predicted molar refractivity (Wildman–Crippen MR) is 53.9 cm³/mol. The fraction of sp³-hybridized carbons (Fsp3) is 0.636. The molecule has 1 aliphatic rings. The minimum absolute atomic E-state index is 0.0583. The molecule has 15 heavy (non-hydrogen) atoms. The number of hydrogen-bond acceptors (Lipinski definition) is 3. The lowest BCUT2D eigenvalue weighted by molar-refractivity contribution is 0.0689. The standard InChI is InChI=1S/C11H15NO3/c1-7-10(11(13)14)12-9(15-7)6-8-4-2-3-5-8/h8H,2-6H2,1H3,(H,13,14). The Morgan fingerprint density at radius 3 is 2.73 bits per heavy atom. The molecule has 0 bridgehead atoms. The molecule has 1 fully saturated rings. The van der Waals surface area contributed by atoms with Crippen LogP contribution < -0.4 is 0 Å². The van der Waals surface area contributed by atoms with E-state index >= 15 is 0 Å². The lowest BCUT2D eigenvalue weighted by atomic mass is 10.0. The molecule has 2 rings (SSSR count). The number of aryl methyl sites for hydroxylation is 1. The third-order valence-electron chi connectivity index (χ3n) is 2.98. The maximum absolute atomic E-state index is 10.7. The van der Waals surface area contributed by atoms with Crippen LogP contribution in [0, 0.1) is 12.8 Å². The summed E-state index contributed by atoms with van der Waals surface area (Å²) in [6.07, 6.45) is 5.76. The molecule has 0 atom stereocenters. The Hall–Kier alpha value is -1.32. The summed E-state index contributed by atoms with van der Waals surface area (Å²) in [4.78, 5) is 14.8. The van der Waals surface area contributed by atoms with E-state index in [1.54, 1.807) is 6.92 Å². The van der Waals surface area contributed by atoms with Crippen molar-refractivity contribution in [2.24, 2.45) is 5.92 Å². The van der Waals surface area contributed by atoms with Crippen molar-refractivity contribution in [2.75, 3.05) is 0 Å². The number of aromatic nitrogens is 1. The molecule has 1 aromatic heterocycles. The third kappa shape index (κ3) is 2.19. The number of nitrogens with zero attached hydrogens (tertiary/aromatic N) is 1. The average Bonchev–Trinajstić information content (AvgIpc) is 2.75. The van der Waals surface area contributed by atoms with Crippen LogP contribution in [0.15, 0.2) is 4.42 Å². The van der Waals surface area contributed by atoms with Gasteiger partial charge in [-0.1, -0.05) is 12.8 Å². The Balaban J connectivity index is 2.08. The van der Waals surface area contributed by atoms with E-state index in [-0.39, 0.29) is 5.69 Å². The predicted octanol–water partition coefficient (Wildman–Crippen LogP) is 2.41. The number of carbonyl (C=O) groups is 1. The lowest BCUT2D eigenvalue weighted by Gasteiger charge is -2.03. The summed E-state index contributed by atoms with van der Waals surface area (Å²) in [5, 5.41) is 8.82. The molecule has 0 unspecified atom stereocenters. The molecule has 4 heteroatoms. The Morgan fingerprint density at radius 2 is 2.20 bits per heavy atom. The van der Waals surface area contributed by atoms with Crippen LogP contribution in [0.25, 0.3) is 0 Å². The van der Waals surface area contributed by atoms with Crippen molar-refractivity contribution in [2.45, 2.75) is 39.0 Å². The maximum Gasteiger partial charge on any atom is 0.358 e. The fourth-order valence-electron chi connectivity index (χ4n) is 2.20. The Morgan fingerprint density at radius 1 is 1.53 bits per heavy atom. The van der Waals surface area contributed by atoms with E-state index in [1.807, 2.05) is 0 Å². The molecule has 0 radical (unpaired) electrons. The molecule has 1 aliphatic carbocycles. The fourth-order valence-corrected chi connectivity index (χ4v) is 2.20. The minimum atomic E-state index is -1.01. The van der Waals surface area contributed by atoms with Gasteiger partial charge in [0, 0.05) is 6.42 Å². The second-order valence-corrected chi connectivity index (χ2v) is 4.17. The second kappa shape index (κ2) is 4.04. The van der Waals surface area contributed by atoms with Gasteiger partial charge >= 0.3 is 5.97 Å². The van der Waals surface area contributed by atoms with Gasteiger partial charge in [0.05, 0.1) is 0 Å². The first-order valence-corrected chi connectivity index (χ1v) is 5.36. The summed E-state index contributed by atoms with van der Waals surface area (Å²) < 4.78 is 5.35. The number of rotatable bonds is 3. The van der Waals surface area contributed by atoms with Gasteiger partial charge in [-0.3, -0.25) is 0 Å². The normalized spacial score (nSPS) is 17.1. The van der Waals surface area contributed by atoms with Gasteiger partial charge in [-0.25, -0.2) is 9.78 Å². The third-order valence-corrected chi connectivity index (χ3v) is 2.98. The van der Waals surface area contributed by atoms with E-state index < -0.39 is 5.97 Å². The van der Waals surface area contributed by atoms with E-state index in [0.29, 0.717) is 17.6 Å². The van der Waals surface area contributed by atoms with Crippen molar-refractivity contribution in [1.82, 2.24) is 4.98 Å². The molecular formula is C11H15NO3. The Bertz CT molecular complexity index is 364. The number of oxazole rings is 1. The summed E-state index contributed by atoms with van der Waals surface area (Å²) in [5.41, 5.74) is 0.0583. The highest BCUT2D eigenvalue weighted by atomic mass is 16.4. The first-order valence-electron chi connectivity index (χ1n) is 5.36. The molecule has 82 valence electrons. The first-order chi connectivity index (χ1) is 7.16. The van der Waals surface area contributed by atoms with Gasteiger partial charge in [0.2, 0.25) is 0 Å². The number of aromatic carboxylic acids is 1. The van der Waals surface area contributed by atoms with Crippen LogP contribution >= 0.6 is 0 Å². The quantitative estimate of drug-likeness (QED) is 0.830. The zero-order valence-corrected chi connectivity index (χ0v) is 8.82. The molecule has 0 aromatic carbocycles. The van der Waals surface area contributed by atoms with E-state index in [0.717, 1.165) is 6.42 Å². The molecule has 1 N–H and O–H groups in total. The molecular weight excluding hydrogens is 194 g/mol. The largest absolute Gasteiger partial charge is 0.476 e. The highest BCUT2D eigenvalue weighted by Gasteiger charge is 2.21. The highest BCUT2D eigenvalue weighted by molar-refractivity contribution is 5.86. The molecule has 0 amide bonds. The van der Waals surface area contributed by atoms with Crippen molar-refractivity contribution in [1.29, 1.82) is 0 Å². The van der Waals surface area contributed by atoms with Crippen molar-refractivity contribution in [3.63, 3.8) is 0 Å². The topological polar surface area (TPSA) is 63.3 Å². The SMILES string of the molecule is Cc1oc(CC2CCCC2)nc1C(=O)O. The molecule has 1 saturated carbocycles. The van der Waals surface area contributed by atoms with Crippen LogP contribution in [0.2, 0.25) is 0 Å². The van der Waals surface area contributed by atoms with Gasteiger partial charge in [0.15, 0.2) is 11.6 Å². The van der Waals surface area contributed by atoms with Crippen LogP contribution in [0.4, 0.5) is 0 Å². The molecule has 4 nitrogen and oxygen atoms in total. The van der Waals surface area contributed by atoms with Crippen LogP contribution in [0.5, 0.6) is 0 Å². The molecule has 0 saturated heterocycles. The molecule has 1 heterocycles. The van der Waals surface area contributed by atoms with E-state index in [2.05, 4.69) is 4.98 Å². The van der Waals surface area contributed by atoms with Gasteiger partial charge < -0.3 is 9.52 Å². The van der Waals surface area contributed by atoms with Crippen LogP contribution in [-0.2, 0) is 6.42 Å². The van der Waals surface area contributed by atoms with Crippen molar-refractivity contribution in [3.05, 3.63) is 17.3 Å². The molecule has 0 spiro atoms. The second-order valence-electron chi connectivity index (χ2n) is 4.17. The van der Waals surface area contributed by atoms with Crippen molar-refractivity contribution >= 4 is 5.97 Å². The van der Waals surface area contributed by atoms with Crippen molar-refractivity contribution in [3.8, 4) is 0 Å². The summed E-state index contributed by atoms with van der Waals surface area (Å²) in [5.74, 6) is 0.617. The summed E-state index contributed by atoms with van der Waals surface area (Å²) in [6.45, 7) is 1.65. The van der Waals surface area contributed by atoms with Gasteiger partial charge in [-0.2, -0.15) is 0 Å². The van der Waals surface area contributed by atoms with Crippen molar-refractivity contribution < 1.29 is 14.3 Å². The zero-order valence-electron chi connectivity index (χ0n) is 8.82. The van der Waals surface area contributed by atoms with Gasteiger partial charge in [-0.15, -0.1) is 0 Å². The van der Waals surface area contributed by atoms with E-state index in [1.165, 1.54) is 25.7 Å². The Labute approximate surface area is 88.3 Å². The van der Waals surface area contributed by atoms with Crippen LogP contribution in [0.1, 0.15) is 47.8 Å². The van der Waals surface area contributed by atoms with Crippen LogP contribution in [0.3, 0.4) is 0 Å². The molecule has 0 aliphatic heterocycles. The monoisotopic (exact) mass is 209 g/mol. The van der Waals surface area contributed by atoms with Gasteiger partial charge in [-0.05, 0) is 25.7 Å². The summed E-state index contributed by atoms with van der Waals surface area (Å²) in [6, 6.07) is 0. The minimum Gasteiger partial charge on any atom is -0.476 e. The zero-order chi connectivity index (χ0) is 10.8. The molecule has 1 aromatic rings. The highest BCUT2D eigenvalue weighted by Crippen LogP contribution is 2.28.